The number of amides is 1. The van der Waals surface area contributed by atoms with Crippen LogP contribution in [0.1, 0.15) is 74.0 Å². The molecule has 1 aromatic heterocycles. The summed E-state index contributed by atoms with van der Waals surface area (Å²) < 4.78 is 1.54. The molecule has 5 rings (SSSR count). The lowest BCUT2D eigenvalue weighted by Crippen LogP contribution is -2.36. The Labute approximate surface area is 255 Å². The van der Waals surface area contributed by atoms with E-state index in [0.717, 1.165) is 29.9 Å². The minimum Gasteiger partial charge on any atom is -0.336 e. The molecule has 2 N–H and O–H groups in total. The van der Waals surface area contributed by atoms with Gasteiger partial charge in [-0.3, -0.25) is 14.5 Å². The second kappa shape index (κ2) is 12.6. The van der Waals surface area contributed by atoms with Crippen molar-refractivity contribution in [1.29, 1.82) is 0 Å². The molecule has 0 bridgehead atoms. The normalized spacial score (nSPS) is 15.7. The molecule has 7 nitrogen and oxygen atoms in total. The largest absolute Gasteiger partial charge is 0.336 e. The van der Waals surface area contributed by atoms with E-state index in [4.69, 9.17) is 4.98 Å². The van der Waals surface area contributed by atoms with E-state index in [1.54, 1.807) is 13.2 Å². The third kappa shape index (κ3) is 7.05. The molecule has 1 atom stereocenters. The number of aromatic nitrogens is 2. The molecule has 1 aliphatic heterocycles. The Hall–Kier alpha value is -4.23. The van der Waals surface area contributed by atoms with Crippen molar-refractivity contribution in [3.8, 4) is 11.3 Å². The molecule has 0 radical (unpaired) electrons. The minimum atomic E-state index is -0.212. The van der Waals surface area contributed by atoms with Crippen LogP contribution >= 0.6 is 0 Å². The van der Waals surface area contributed by atoms with Crippen LogP contribution in [-0.4, -0.2) is 32.9 Å². The molecule has 0 aliphatic carbocycles. The Balaban J connectivity index is 1.34. The Morgan fingerprint density at radius 3 is 2.40 bits per heavy atom. The van der Waals surface area contributed by atoms with Crippen LogP contribution in [-0.2, 0) is 19.0 Å². The van der Waals surface area contributed by atoms with E-state index in [0.29, 0.717) is 23.0 Å². The number of aryl methyl sites for hydroxylation is 1. The maximum absolute atomic E-state index is 13.1. The summed E-state index contributed by atoms with van der Waals surface area (Å²) in [5, 5.41) is 6.30. The third-order valence-corrected chi connectivity index (χ3v) is 8.49. The van der Waals surface area contributed by atoms with E-state index in [2.05, 4.69) is 55.4 Å². The number of nitrogens with zero attached hydrogens (tertiary/aromatic N) is 3. The van der Waals surface area contributed by atoms with Crippen LogP contribution < -0.4 is 16.2 Å². The first-order valence-corrected chi connectivity index (χ1v) is 15.2. The lowest BCUT2D eigenvalue weighted by molar-refractivity contribution is 0.102. The minimum absolute atomic E-state index is 0.0194. The van der Waals surface area contributed by atoms with Crippen LogP contribution in [0.3, 0.4) is 0 Å². The maximum Gasteiger partial charge on any atom is 0.293 e. The predicted molar refractivity (Wildman–Crippen MR) is 176 cm³/mol. The molecule has 4 aromatic rings. The molecule has 1 saturated heterocycles. The summed E-state index contributed by atoms with van der Waals surface area (Å²) in [4.78, 5) is 33.4. The monoisotopic (exact) mass is 577 g/mol. The second-order valence-electron chi connectivity index (χ2n) is 12.8. The number of piperidine rings is 1. The Kier molecular flexibility index (Phi) is 8.83. The van der Waals surface area contributed by atoms with Gasteiger partial charge in [0.2, 0.25) is 0 Å². The summed E-state index contributed by atoms with van der Waals surface area (Å²) in [5.41, 5.74) is 6.70. The highest BCUT2D eigenvalue weighted by Crippen LogP contribution is 2.29. The zero-order valence-corrected chi connectivity index (χ0v) is 26.2. The molecule has 3 aromatic carbocycles. The second-order valence-corrected chi connectivity index (χ2v) is 12.8. The number of anilines is 3. The molecule has 1 aliphatic rings. The van der Waals surface area contributed by atoms with Crippen LogP contribution in [0.25, 0.3) is 11.3 Å². The zero-order chi connectivity index (χ0) is 30.7. The molecule has 1 fully saturated rings. The number of likely N-dealkylation sites (tertiary alicyclic amines) is 1. The molecular formula is C36H43N5O2. The quantitative estimate of drug-likeness (QED) is 0.239. The van der Waals surface area contributed by atoms with E-state index in [-0.39, 0.29) is 22.7 Å². The fraction of sp³-hybridized carbons (Fsp3) is 0.361. The van der Waals surface area contributed by atoms with Crippen molar-refractivity contribution in [3.63, 3.8) is 0 Å². The van der Waals surface area contributed by atoms with Gasteiger partial charge >= 0.3 is 0 Å². The van der Waals surface area contributed by atoms with Gasteiger partial charge in [-0.15, -0.1) is 0 Å². The first-order valence-electron chi connectivity index (χ1n) is 15.2. The van der Waals surface area contributed by atoms with E-state index in [1.165, 1.54) is 35.0 Å². The van der Waals surface area contributed by atoms with Crippen molar-refractivity contribution < 1.29 is 4.79 Å². The lowest BCUT2D eigenvalue weighted by atomic mass is 9.86. The third-order valence-electron chi connectivity index (χ3n) is 8.49. The molecule has 2 heterocycles. The number of nitrogens with one attached hydrogen (secondary N) is 2. The van der Waals surface area contributed by atoms with Gasteiger partial charge in [-0.1, -0.05) is 63.6 Å². The first kappa shape index (κ1) is 30.2. The fourth-order valence-electron chi connectivity index (χ4n) is 5.64. The van der Waals surface area contributed by atoms with Gasteiger partial charge in [0.25, 0.3) is 11.5 Å². The van der Waals surface area contributed by atoms with Crippen molar-refractivity contribution in [3.05, 3.63) is 106 Å². The van der Waals surface area contributed by atoms with Crippen molar-refractivity contribution in [1.82, 2.24) is 14.5 Å². The number of carbonyl (C=O) groups is 1. The summed E-state index contributed by atoms with van der Waals surface area (Å²) in [6.45, 7) is 12.8. The summed E-state index contributed by atoms with van der Waals surface area (Å²) in [6, 6.07) is 22.3. The summed E-state index contributed by atoms with van der Waals surface area (Å²) in [7, 11) is 1.73. The topological polar surface area (TPSA) is 79.3 Å². The van der Waals surface area contributed by atoms with Gasteiger partial charge in [0, 0.05) is 48.3 Å². The van der Waals surface area contributed by atoms with Gasteiger partial charge in [0.05, 0.1) is 5.69 Å². The van der Waals surface area contributed by atoms with Gasteiger partial charge in [-0.2, -0.15) is 0 Å². The van der Waals surface area contributed by atoms with Gasteiger partial charge in [0.1, 0.15) is 0 Å². The van der Waals surface area contributed by atoms with Crippen LogP contribution in [0.5, 0.6) is 0 Å². The van der Waals surface area contributed by atoms with Crippen LogP contribution in [0.4, 0.5) is 17.2 Å². The molecule has 0 spiro atoms. The number of rotatable bonds is 7. The van der Waals surface area contributed by atoms with Gasteiger partial charge < -0.3 is 15.2 Å². The first-order chi connectivity index (χ1) is 20.5. The van der Waals surface area contributed by atoms with Gasteiger partial charge in [-0.05, 0) is 85.7 Å². The van der Waals surface area contributed by atoms with Crippen molar-refractivity contribution in [2.24, 2.45) is 7.05 Å². The number of hydrogen-bond donors (Lipinski definition) is 2. The highest BCUT2D eigenvalue weighted by Gasteiger charge is 2.19. The lowest BCUT2D eigenvalue weighted by Gasteiger charge is -2.33. The average Bonchev–Trinajstić information content (AvgIpc) is 2.98. The molecule has 1 amide bonds. The molecule has 1 unspecified atom stereocenters. The highest BCUT2D eigenvalue weighted by molar-refractivity contribution is 6.05. The molecule has 7 heteroatoms. The SMILES string of the molecule is Cc1c(NC(=O)c2ccc(C(C)(C)C)cc2)cccc1-c1cn(C)c(=O)c(Nc2ccc(CN3CCCCC3C)cc2)n1. The smallest absolute Gasteiger partial charge is 0.293 e. The fourth-order valence-corrected chi connectivity index (χ4v) is 5.64. The molecule has 224 valence electrons. The summed E-state index contributed by atoms with van der Waals surface area (Å²) in [6.07, 6.45) is 5.56. The van der Waals surface area contributed by atoms with Crippen molar-refractivity contribution in [2.45, 2.75) is 71.9 Å². The van der Waals surface area contributed by atoms with E-state index in [1.807, 2.05) is 61.5 Å². The molecule has 0 saturated carbocycles. The van der Waals surface area contributed by atoms with Crippen LogP contribution in [0.2, 0.25) is 0 Å². The molecular weight excluding hydrogens is 534 g/mol. The standard InChI is InChI=1S/C36H43N5O2/c1-24-10-7-8-21-41(24)22-26-13-19-29(20-14-26)37-33-35(43)40(6)23-32(38-33)30-11-9-12-31(25(30)2)39-34(42)27-15-17-28(18-16-27)36(3,4)5/h9,11-20,23-24H,7-8,10,21-22H2,1-6H3,(H,37,38)(H,39,42). The predicted octanol–water partition coefficient (Wildman–Crippen LogP) is 7.42. The Morgan fingerprint density at radius 2 is 1.72 bits per heavy atom. The van der Waals surface area contributed by atoms with Crippen LogP contribution in [0.15, 0.2) is 77.7 Å². The molecule has 43 heavy (non-hydrogen) atoms. The highest BCUT2D eigenvalue weighted by atomic mass is 16.1. The Bertz CT molecular complexity index is 1650. The average molecular weight is 578 g/mol. The maximum atomic E-state index is 13.1. The summed E-state index contributed by atoms with van der Waals surface area (Å²) in [5.74, 6) is 0.0832. The zero-order valence-electron chi connectivity index (χ0n) is 26.2. The van der Waals surface area contributed by atoms with Gasteiger partial charge in [0.15, 0.2) is 5.82 Å². The number of hydrogen-bond acceptors (Lipinski definition) is 5. The van der Waals surface area contributed by atoms with Crippen LogP contribution in [0, 0.1) is 6.92 Å². The van der Waals surface area contributed by atoms with E-state index < -0.39 is 0 Å². The van der Waals surface area contributed by atoms with Crippen molar-refractivity contribution in [2.75, 3.05) is 17.2 Å². The van der Waals surface area contributed by atoms with Crippen molar-refractivity contribution >= 4 is 23.1 Å². The van der Waals surface area contributed by atoms with E-state index in [9.17, 15) is 9.59 Å². The number of benzene rings is 3. The Morgan fingerprint density at radius 1 is 1.00 bits per heavy atom. The number of carbonyl (C=O) groups excluding carboxylic acids is 1. The summed E-state index contributed by atoms with van der Waals surface area (Å²) >= 11 is 0. The van der Waals surface area contributed by atoms with Gasteiger partial charge in [-0.25, -0.2) is 4.98 Å². The van der Waals surface area contributed by atoms with E-state index >= 15 is 0 Å².